The average Bonchev–Trinajstić information content (AvgIpc) is 2.00. The van der Waals surface area contributed by atoms with Gasteiger partial charge in [-0.05, 0) is 18.8 Å². The highest BCUT2D eigenvalue weighted by atomic mass is 32.2. The first-order valence-electron chi connectivity index (χ1n) is 4.75. The summed E-state index contributed by atoms with van der Waals surface area (Å²) in [5.74, 6) is -0.413. The van der Waals surface area contributed by atoms with Crippen LogP contribution >= 0.6 is 0 Å². The van der Waals surface area contributed by atoms with Crippen molar-refractivity contribution >= 4 is 15.8 Å². The van der Waals surface area contributed by atoms with Crippen LogP contribution in [0.5, 0.6) is 0 Å². The lowest BCUT2D eigenvalue weighted by atomic mass is 10.2. The van der Waals surface area contributed by atoms with Crippen LogP contribution in [0.1, 0.15) is 33.1 Å². The Hall–Kier alpha value is -0.580. The van der Waals surface area contributed by atoms with E-state index in [9.17, 15) is 13.2 Å². The molecular formula is C9H18O4S. The van der Waals surface area contributed by atoms with Gasteiger partial charge in [0.15, 0.2) is 0 Å². The van der Waals surface area contributed by atoms with Gasteiger partial charge in [-0.2, -0.15) is 0 Å². The van der Waals surface area contributed by atoms with Gasteiger partial charge in [-0.25, -0.2) is 8.42 Å². The molecule has 0 aliphatic rings. The van der Waals surface area contributed by atoms with Crippen LogP contribution in [0.4, 0.5) is 0 Å². The zero-order valence-electron chi connectivity index (χ0n) is 8.69. The van der Waals surface area contributed by atoms with E-state index in [0.717, 1.165) is 0 Å². The molecule has 0 radical (unpaired) electrons. The fourth-order valence-corrected chi connectivity index (χ4v) is 2.58. The van der Waals surface area contributed by atoms with E-state index < -0.39 is 15.8 Å². The molecule has 0 aromatic rings. The molecule has 0 unspecified atom stereocenters. The predicted molar refractivity (Wildman–Crippen MR) is 55.0 cm³/mol. The molecule has 0 saturated carbocycles. The summed E-state index contributed by atoms with van der Waals surface area (Å²) in [7, 11) is -3.04. The van der Waals surface area contributed by atoms with E-state index in [4.69, 9.17) is 5.11 Å². The summed E-state index contributed by atoms with van der Waals surface area (Å²) in [6, 6.07) is 0. The second-order valence-corrected chi connectivity index (χ2v) is 6.14. The van der Waals surface area contributed by atoms with E-state index in [1.165, 1.54) is 0 Å². The van der Waals surface area contributed by atoms with Crippen molar-refractivity contribution < 1.29 is 18.3 Å². The minimum absolute atomic E-state index is 0.00792. The first-order chi connectivity index (χ1) is 6.33. The third kappa shape index (κ3) is 8.04. The molecule has 84 valence electrons. The molecular weight excluding hydrogens is 204 g/mol. The molecule has 0 rings (SSSR count). The van der Waals surface area contributed by atoms with E-state index in [-0.39, 0.29) is 24.3 Å². The first kappa shape index (κ1) is 13.4. The van der Waals surface area contributed by atoms with Crippen LogP contribution in [0, 0.1) is 5.92 Å². The highest BCUT2D eigenvalue weighted by Crippen LogP contribution is 2.05. The zero-order chi connectivity index (χ0) is 11.2. The van der Waals surface area contributed by atoms with Crippen molar-refractivity contribution in [3.05, 3.63) is 0 Å². The number of rotatable bonds is 7. The summed E-state index contributed by atoms with van der Waals surface area (Å²) >= 11 is 0. The molecule has 0 aliphatic carbocycles. The van der Waals surface area contributed by atoms with Crippen LogP contribution < -0.4 is 0 Å². The van der Waals surface area contributed by atoms with Gasteiger partial charge in [-0.15, -0.1) is 0 Å². The number of carbonyl (C=O) groups is 1. The number of carboxylic acids is 1. The maximum Gasteiger partial charge on any atom is 0.303 e. The molecule has 5 heteroatoms. The highest BCUT2D eigenvalue weighted by molar-refractivity contribution is 7.91. The Labute approximate surface area is 85.2 Å². The average molecular weight is 222 g/mol. The van der Waals surface area contributed by atoms with Crippen molar-refractivity contribution in [1.29, 1.82) is 0 Å². The third-order valence-electron chi connectivity index (χ3n) is 1.85. The van der Waals surface area contributed by atoms with Gasteiger partial charge in [0.1, 0.15) is 9.84 Å². The largest absolute Gasteiger partial charge is 0.481 e. The van der Waals surface area contributed by atoms with Crippen LogP contribution in [0.3, 0.4) is 0 Å². The normalized spacial score (nSPS) is 11.9. The van der Waals surface area contributed by atoms with E-state index in [1.54, 1.807) is 0 Å². The highest BCUT2D eigenvalue weighted by Gasteiger charge is 2.12. The second-order valence-electron chi connectivity index (χ2n) is 3.83. The number of aliphatic carboxylic acids is 1. The number of hydrogen-bond donors (Lipinski definition) is 1. The van der Waals surface area contributed by atoms with E-state index >= 15 is 0 Å². The lowest BCUT2D eigenvalue weighted by molar-refractivity contribution is -0.137. The third-order valence-corrected chi connectivity index (χ3v) is 3.62. The molecule has 4 nitrogen and oxygen atoms in total. The molecule has 0 aliphatic heterocycles. The molecule has 0 aromatic heterocycles. The van der Waals surface area contributed by atoms with Crippen molar-refractivity contribution in [2.24, 2.45) is 5.92 Å². The molecule has 14 heavy (non-hydrogen) atoms. The molecule has 0 heterocycles. The monoisotopic (exact) mass is 222 g/mol. The SMILES string of the molecule is CC(C)CCS(=O)(=O)CCCC(=O)O. The summed E-state index contributed by atoms with van der Waals surface area (Å²) in [6.07, 6.45) is 0.798. The summed E-state index contributed by atoms with van der Waals surface area (Å²) < 4.78 is 22.6. The standard InChI is InChI=1S/C9H18O4S/c1-8(2)5-7-14(12,13)6-3-4-9(10)11/h8H,3-7H2,1-2H3,(H,10,11). The van der Waals surface area contributed by atoms with Crippen molar-refractivity contribution in [2.45, 2.75) is 33.1 Å². The van der Waals surface area contributed by atoms with Crippen LogP contribution in [-0.2, 0) is 14.6 Å². The predicted octanol–water partition coefficient (Wildman–Crippen LogP) is 1.31. The molecule has 0 amide bonds. The quantitative estimate of drug-likeness (QED) is 0.705. The maximum absolute atomic E-state index is 11.3. The Balaban J connectivity index is 3.79. The second kappa shape index (κ2) is 6.01. The Kier molecular flexibility index (Phi) is 5.76. The first-order valence-corrected chi connectivity index (χ1v) is 6.58. The van der Waals surface area contributed by atoms with Crippen LogP contribution in [-0.4, -0.2) is 31.0 Å². The van der Waals surface area contributed by atoms with Gasteiger partial charge in [0, 0.05) is 6.42 Å². The summed E-state index contributed by atoms with van der Waals surface area (Å²) in [6.45, 7) is 3.93. The van der Waals surface area contributed by atoms with Gasteiger partial charge in [-0.1, -0.05) is 13.8 Å². The maximum atomic E-state index is 11.3. The van der Waals surface area contributed by atoms with Crippen molar-refractivity contribution in [1.82, 2.24) is 0 Å². The molecule has 0 bridgehead atoms. The van der Waals surface area contributed by atoms with Gasteiger partial charge in [0.05, 0.1) is 11.5 Å². The van der Waals surface area contributed by atoms with Crippen molar-refractivity contribution in [3.8, 4) is 0 Å². The Bertz CT molecular complexity index is 267. The fraction of sp³-hybridized carbons (Fsp3) is 0.889. The minimum Gasteiger partial charge on any atom is -0.481 e. The van der Waals surface area contributed by atoms with E-state index in [0.29, 0.717) is 12.3 Å². The summed E-state index contributed by atoms with van der Waals surface area (Å²) in [5.41, 5.74) is 0. The van der Waals surface area contributed by atoms with Crippen LogP contribution in [0.15, 0.2) is 0 Å². The van der Waals surface area contributed by atoms with Crippen LogP contribution in [0.25, 0.3) is 0 Å². The zero-order valence-corrected chi connectivity index (χ0v) is 9.51. The van der Waals surface area contributed by atoms with Gasteiger partial charge in [0.2, 0.25) is 0 Å². The lowest BCUT2D eigenvalue weighted by Crippen LogP contribution is -2.13. The molecule has 1 N–H and O–H groups in total. The molecule has 0 saturated heterocycles. The Morgan fingerprint density at radius 1 is 1.29 bits per heavy atom. The Morgan fingerprint density at radius 3 is 2.29 bits per heavy atom. The van der Waals surface area contributed by atoms with E-state index in [2.05, 4.69) is 0 Å². The van der Waals surface area contributed by atoms with Crippen LogP contribution in [0.2, 0.25) is 0 Å². The van der Waals surface area contributed by atoms with Gasteiger partial charge < -0.3 is 5.11 Å². The number of sulfone groups is 1. The van der Waals surface area contributed by atoms with Gasteiger partial charge in [0.25, 0.3) is 0 Å². The molecule has 0 aromatic carbocycles. The molecule has 0 fully saturated rings. The van der Waals surface area contributed by atoms with Gasteiger partial charge >= 0.3 is 5.97 Å². The fourth-order valence-electron chi connectivity index (χ4n) is 0.961. The smallest absolute Gasteiger partial charge is 0.303 e. The van der Waals surface area contributed by atoms with Crippen molar-refractivity contribution in [2.75, 3.05) is 11.5 Å². The van der Waals surface area contributed by atoms with Gasteiger partial charge in [-0.3, -0.25) is 4.79 Å². The Morgan fingerprint density at radius 2 is 1.86 bits per heavy atom. The van der Waals surface area contributed by atoms with E-state index in [1.807, 2.05) is 13.8 Å². The van der Waals surface area contributed by atoms with Crippen molar-refractivity contribution in [3.63, 3.8) is 0 Å². The number of carboxylic acid groups (broad SMARTS) is 1. The minimum atomic E-state index is -3.04. The molecule has 0 spiro atoms. The lowest BCUT2D eigenvalue weighted by Gasteiger charge is -2.05. The number of hydrogen-bond acceptors (Lipinski definition) is 3. The summed E-state index contributed by atoms with van der Waals surface area (Å²) in [4.78, 5) is 10.2. The summed E-state index contributed by atoms with van der Waals surface area (Å²) in [5, 5.41) is 8.33. The topological polar surface area (TPSA) is 71.4 Å². The molecule has 0 atom stereocenters.